The molecule has 0 bridgehead atoms. The summed E-state index contributed by atoms with van der Waals surface area (Å²) in [6.45, 7) is 3.23. The first-order valence-corrected chi connectivity index (χ1v) is 4.56. The minimum atomic E-state index is 0.243. The summed E-state index contributed by atoms with van der Waals surface area (Å²) < 4.78 is 5.20. The SMILES string of the molecule is O=C(C1CCOCC1)N1C[CH]C1. The molecule has 12 heavy (non-hydrogen) atoms. The molecule has 67 valence electrons. The Hall–Kier alpha value is -0.570. The molecule has 0 aromatic carbocycles. The molecular weight excluding hydrogens is 154 g/mol. The minimum Gasteiger partial charge on any atom is -0.381 e. The molecule has 0 saturated carbocycles. The van der Waals surface area contributed by atoms with Crippen LogP contribution >= 0.6 is 0 Å². The van der Waals surface area contributed by atoms with Crippen molar-refractivity contribution in [2.75, 3.05) is 26.3 Å². The van der Waals surface area contributed by atoms with E-state index in [0.29, 0.717) is 5.91 Å². The van der Waals surface area contributed by atoms with E-state index in [9.17, 15) is 4.79 Å². The highest BCUT2D eigenvalue weighted by atomic mass is 16.5. The molecule has 3 heteroatoms. The van der Waals surface area contributed by atoms with Crippen molar-refractivity contribution in [1.82, 2.24) is 4.90 Å². The number of hydrogen-bond donors (Lipinski definition) is 0. The van der Waals surface area contributed by atoms with Crippen LogP contribution < -0.4 is 0 Å². The van der Waals surface area contributed by atoms with Crippen LogP contribution in [0.25, 0.3) is 0 Å². The van der Waals surface area contributed by atoms with Crippen molar-refractivity contribution in [3.8, 4) is 0 Å². The lowest BCUT2D eigenvalue weighted by Crippen LogP contribution is -2.46. The monoisotopic (exact) mass is 168 g/mol. The maximum atomic E-state index is 11.6. The summed E-state index contributed by atoms with van der Waals surface area (Å²) in [6, 6.07) is 0. The van der Waals surface area contributed by atoms with Crippen LogP contribution in [0.2, 0.25) is 0 Å². The van der Waals surface area contributed by atoms with Gasteiger partial charge in [0.1, 0.15) is 0 Å². The fourth-order valence-corrected chi connectivity index (χ4v) is 1.64. The lowest BCUT2D eigenvalue weighted by Gasteiger charge is -2.34. The van der Waals surface area contributed by atoms with Crippen LogP contribution in [0.1, 0.15) is 12.8 Å². The van der Waals surface area contributed by atoms with E-state index in [4.69, 9.17) is 4.74 Å². The molecule has 2 heterocycles. The minimum absolute atomic E-state index is 0.243. The third-order valence-electron chi connectivity index (χ3n) is 2.58. The van der Waals surface area contributed by atoms with Crippen molar-refractivity contribution in [3.63, 3.8) is 0 Å². The molecule has 1 amide bonds. The maximum Gasteiger partial charge on any atom is 0.225 e. The van der Waals surface area contributed by atoms with Gasteiger partial charge in [0.15, 0.2) is 0 Å². The van der Waals surface area contributed by atoms with Crippen LogP contribution in [-0.2, 0) is 9.53 Å². The van der Waals surface area contributed by atoms with Gasteiger partial charge in [0, 0.05) is 38.6 Å². The van der Waals surface area contributed by atoms with Gasteiger partial charge >= 0.3 is 0 Å². The van der Waals surface area contributed by atoms with E-state index in [1.54, 1.807) is 0 Å². The van der Waals surface area contributed by atoms with E-state index in [2.05, 4.69) is 6.42 Å². The topological polar surface area (TPSA) is 29.5 Å². The van der Waals surface area contributed by atoms with Gasteiger partial charge in [-0.15, -0.1) is 0 Å². The van der Waals surface area contributed by atoms with Crippen molar-refractivity contribution >= 4 is 5.91 Å². The molecule has 0 unspecified atom stereocenters. The number of carbonyl (C=O) groups excluding carboxylic acids is 1. The second-order valence-electron chi connectivity index (χ2n) is 3.42. The number of nitrogens with zero attached hydrogens (tertiary/aromatic N) is 1. The van der Waals surface area contributed by atoms with Crippen LogP contribution in [0.15, 0.2) is 0 Å². The smallest absolute Gasteiger partial charge is 0.225 e. The molecule has 1 radical (unpaired) electrons. The Labute approximate surface area is 72.7 Å². The van der Waals surface area contributed by atoms with Crippen LogP contribution in [0.5, 0.6) is 0 Å². The first kappa shape index (κ1) is 8.05. The summed E-state index contributed by atoms with van der Waals surface area (Å²) in [5, 5.41) is 0. The third-order valence-corrected chi connectivity index (χ3v) is 2.58. The van der Waals surface area contributed by atoms with Gasteiger partial charge in [-0.05, 0) is 12.8 Å². The third kappa shape index (κ3) is 1.46. The fourth-order valence-electron chi connectivity index (χ4n) is 1.64. The first-order chi connectivity index (χ1) is 5.88. The quantitative estimate of drug-likeness (QED) is 0.569. The number of hydrogen-bond acceptors (Lipinski definition) is 2. The van der Waals surface area contributed by atoms with Crippen molar-refractivity contribution in [1.29, 1.82) is 0 Å². The summed E-state index contributed by atoms with van der Waals surface area (Å²) in [5.41, 5.74) is 0. The first-order valence-electron chi connectivity index (χ1n) is 4.56. The molecule has 3 nitrogen and oxygen atoms in total. The summed E-state index contributed by atoms with van der Waals surface area (Å²) in [6.07, 6.45) is 3.95. The Balaban J connectivity index is 1.84. The maximum absolute atomic E-state index is 11.6. The van der Waals surface area contributed by atoms with Crippen LogP contribution in [0.3, 0.4) is 0 Å². The van der Waals surface area contributed by atoms with E-state index >= 15 is 0 Å². The number of likely N-dealkylation sites (tertiary alicyclic amines) is 1. The van der Waals surface area contributed by atoms with E-state index in [1.807, 2.05) is 4.90 Å². The Kier molecular flexibility index (Phi) is 2.30. The Bertz CT molecular complexity index is 171. The predicted octanol–water partition coefficient (Wildman–Crippen LogP) is 0.459. The lowest BCUT2D eigenvalue weighted by atomic mass is 9.97. The van der Waals surface area contributed by atoms with Crippen LogP contribution in [-0.4, -0.2) is 37.1 Å². The number of amides is 1. The van der Waals surface area contributed by atoms with Crippen molar-refractivity contribution in [2.45, 2.75) is 12.8 Å². The van der Waals surface area contributed by atoms with Crippen molar-refractivity contribution in [3.05, 3.63) is 6.42 Å². The van der Waals surface area contributed by atoms with Crippen molar-refractivity contribution in [2.24, 2.45) is 5.92 Å². The van der Waals surface area contributed by atoms with Gasteiger partial charge < -0.3 is 9.64 Å². The van der Waals surface area contributed by atoms with Crippen LogP contribution in [0, 0.1) is 12.3 Å². The molecule has 0 aromatic heterocycles. The standard InChI is InChI=1S/C9H14NO2/c11-9(10-4-1-5-10)8-2-6-12-7-3-8/h1,8H,2-7H2. The number of rotatable bonds is 1. The summed E-state index contributed by atoms with van der Waals surface area (Å²) in [5.74, 6) is 0.577. The zero-order valence-corrected chi connectivity index (χ0v) is 7.16. The molecule has 2 fully saturated rings. The molecule has 2 rings (SSSR count). The Morgan fingerprint density at radius 2 is 2.00 bits per heavy atom. The zero-order chi connectivity index (χ0) is 8.39. The number of ether oxygens (including phenoxy) is 1. The highest BCUT2D eigenvalue weighted by Crippen LogP contribution is 2.19. The highest BCUT2D eigenvalue weighted by Gasteiger charge is 2.29. The summed E-state index contributed by atoms with van der Waals surface area (Å²) in [4.78, 5) is 13.5. The molecule has 2 saturated heterocycles. The van der Waals surface area contributed by atoms with Gasteiger partial charge in [-0.1, -0.05) is 0 Å². The van der Waals surface area contributed by atoms with Gasteiger partial charge in [0.25, 0.3) is 0 Å². The molecule has 2 aliphatic rings. The van der Waals surface area contributed by atoms with Crippen LogP contribution in [0.4, 0.5) is 0 Å². The van der Waals surface area contributed by atoms with Gasteiger partial charge in [-0.2, -0.15) is 0 Å². The molecule has 2 aliphatic heterocycles. The lowest BCUT2D eigenvalue weighted by molar-refractivity contribution is -0.140. The van der Waals surface area contributed by atoms with E-state index in [1.165, 1.54) is 0 Å². The van der Waals surface area contributed by atoms with Gasteiger partial charge in [0.2, 0.25) is 5.91 Å². The molecule has 0 aromatic rings. The molecular formula is C9H14NO2. The average Bonchev–Trinajstić information content (AvgIpc) is 2.03. The normalized spacial score (nSPS) is 25.2. The molecule has 0 atom stereocenters. The Morgan fingerprint density at radius 3 is 2.50 bits per heavy atom. The summed E-state index contributed by atoms with van der Waals surface area (Å²) >= 11 is 0. The number of carbonyl (C=O) groups is 1. The van der Waals surface area contributed by atoms with E-state index in [0.717, 1.165) is 39.1 Å². The van der Waals surface area contributed by atoms with Crippen molar-refractivity contribution < 1.29 is 9.53 Å². The molecule has 0 N–H and O–H groups in total. The zero-order valence-electron chi connectivity index (χ0n) is 7.16. The van der Waals surface area contributed by atoms with Gasteiger partial charge in [0.05, 0.1) is 0 Å². The molecule has 0 aliphatic carbocycles. The fraction of sp³-hybridized carbons (Fsp3) is 0.778. The van der Waals surface area contributed by atoms with E-state index < -0.39 is 0 Å². The van der Waals surface area contributed by atoms with E-state index in [-0.39, 0.29) is 5.92 Å². The highest BCUT2D eigenvalue weighted by molar-refractivity contribution is 5.80. The predicted molar refractivity (Wildman–Crippen MR) is 44.4 cm³/mol. The van der Waals surface area contributed by atoms with Gasteiger partial charge in [-0.25, -0.2) is 0 Å². The largest absolute Gasteiger partial charge is 0.381 e. The Morgan fingerprint density at radius 1 is 1.33 bits per heavy atom. The second-order valence-corrected chi connectivity index (χ2v) is 3.42. The average molecular weight is 168 g/mol. The van der Waals surface area contributed by atoms with Gasteiger partial charge in [-0.3, -0.25) is 4.79 Å². The second kappa shape index (κ2) is 3.44. The molecule has 0 spiro atoms. The summed E-state index contributed by atoms with van der Waals surface area (Å²) in [7, 11) is 0.